The fraction of sp³-hybridized carbons (Fsp3) is 0.167. The molecule has 2 aromatic rings. The van der Waals surface area contributed by atoms with Gasteiger partial charge in [-0.05, 0) is 40.2 Å². The van der Waals surface area contributed by atoms with Crippen molar-refractivity contribution < 1.29 is 8.42 Å². The summed E-state index contributed by atoms with van der Waals surface area (Å²) in [5.41, 5.74) is 1.14. The van der Waals surface area contributed by atoms with Crippen molar-refractivity contribution in [2.45, 2.75) is 6.54 Å². The molecule has 0 bridgehead atoms. The second-order valence-electron chi connectivity index (χ2n) is 4.26. The molecule has 2 rings (SSSR count). The third-order valence-electron chi connectivity index (χ3n) is 2.43. The number of anilines is 2. The van der Waals surface area contributed by atoms with Crippen LogP contribution in [0.2, 0.25) is 9.36 Å². The van der Waals surface area contributed by atoms with Crippen molar-refractivity contribution in [2.24, 2.45) is 0 Å². The predicted molar refractivity (Wildman–Crippen MR) is 94.3 cm³/mol. The predicted octanol–water partition coefficient (Wildman–Crippen LogP) is 4.80. The number of benzene rings is 1. The first-order valence-electron chi connectivity index (χ1n) is 5.69. The van der Waals surface area contributed by atoms with Gasteiger partial charge in [-0.15, -0.1) is 11.3 Å². The van der Waals surface area contributed by atoms with Gasteiger partial charge in [0, 0.05) is 21.6 Å². The van der Waals surface area contributed by atoms with Gasteiger partial charge < -0.3 is 5.32 Å². The lowest BCUT2D eigenvalue weighted by Crippen LogP contribution is -2.10. The molecule has 114 valence electrons. The molecule has 1 aromatic heterocycles. The maximum absolute atomic E-state index is 11.2. The zero-order chi connectivity index (χ0) is 15.6. The van der Waals surface area contributed by atoms with Gasteiger partial charge in [0.25, 0.3) is 0 Å². The van der Waals surface area contributed by atoms with E-state index < -0.39 is 10.0 Å². The van der Waals surface area contributed by atoms with E-state index in [1.165, 1.54) is 11.3 Å². The number of hydrogen-bond acceptors (Lipinski definition) is 4. The second kappa shape index (κ2) is 6.75. The van der Waals surface area contributed by atoms with E-state index in [-0.39, 0.29) is 0 Å². The molecular formula is C12H11BrCl2N2O2S2. The van der Waals surface area contributed by atoms with E-state index in [1.54, 1.807) is 18.2 Å². The number of sulfonamides is 1. The molecular weight excluding hydrogens is 419 g/mol. The Morgan fingerprint density at radius 3 is 2.52 bits per heavy atom. The number of hydrogen-bond donors (Lipinski definition) is 2. The lowest BCUT2D eigenvalue weighted by atomic mass is 10.3. The van der Waals surface area contributed by atoms with E-state index in [0.29, 0.717) is 21.6 Å². The summed E-state index contributed by atoms with van der Waals surface area (Å²) in [4.78, 5) is 1.07. The van der Waals surface area contributed by atoms with Crippen molar-refractivity contribution in [3.8, 4) is 0 Å². The zero-order valence-corrected chi connectivity index (χ0v) is 15.5. The first-order valence-corrected chi connectivity index (χ1v) is 9.95. The van der Waals surface area contributed by atoms with Gasteiger partial charge in [0.2, 0.25) is 10.0 Å². The van der Waals surface area contributed by atoms with Crippen molar-refractivity contribution in [2.75, 3.05) is 16.3 Å². The number of halogens is 3. The molecule has 9 heteroatoms. The summed E-state index contributed by atoms with van der Waals surface area (Å²) in [7, 11) is -3.34. The summed E-state index contributed by atoms with van der Waals surface area (Å²) in [6.45, 7) is 0.602. The van der Waals surface area contributed by atoms with Gasteiger partial charge in [-0.2, -0.15) is 0 Å². The molecule has 0 amide bonds. The van der Waals surface area contributed by atoms with E-state index >= 15 is 0 Å². The van der Waals surface area contributed by atoms with Gasteiger partial charge in [-0.25, -0.2) is 8.42 Å². The molecule has 2 N–H and O–H groups in total. The summed E-state index contributed by atoms with van der Waals surface area (Å²) in [5.74, 6) is 0. The lowest BCUT2D eigenvalue weighted by Gasteiger charge is -2.09. The SMILES string of the molecule is CS(=O)(=O)Nc1ccc(NCc2cc(Br)c(Cl)s2)cc1Cl. The van der Waals surface area contributed by atoms with Gasteiger partial charge >= 0.3 is 0 Å². The molecule has 0 aliphatic rings. The number of nitrogens with one attached hydrogen (secondary N) is 2. The van der Waals surface area contributed by atoms with E-state index in [4.69, 9.17) is 23.2 Å². The molecule has 1 heterocycles. The van der Waals surface area contributed by atoms with Crippen molar-refractivity contribution in [3.63, 3.8) is 0 Å². The molecule has 0 aliphatic carbocycles. The largest absolute Gasteiger partial charge is 0.380 e. The quantitative estimate of drug-likeness (QED) is 0.717. The van der Waals surface area contributed by atoms with Crippen LogP contribution in [0.3, 0.4) is 0 Å². The average Bonchev–Trinajstić information content (AvgIpc) is 2.68. The summed E-state index contributed by atoms with van der Waals surface area (Å²) < 4.78 is 26.3. The van der Waals surface area contributed by atoms with Crippen LogP contribution < -0.4 is 10.0 Å². The van der Waals surface area contributed by atoms with Gasteiger partial charge in [-0.3, -0.25) is 4.72 Å². The van der Waals surface area contributed by atoms with Crippen LogP contribution in [0, 0.1) is 0 Å². The topological polar surface area (TPSA) is 58.2 Å². The maximum Gasteiger partial charge on any atom is 0.229 e. The van der Waals surface area contributed by atoms with Crippen molar-refractivity contribution in [1.29, 1.82) is 0 Å². The highest BCUT2D eigenvalue weighted by Gasteiger charge is 2.08. The summed E-state index contributed by atoms with van der Waals surface area (Å²) in [5, 5.41) is 3.53. The Bertz CT molecular complexity index is 743. The van der Waals surface area contributed by atoms with E-state index in [2.05, 4.69) is 26.0 Å². The van der Waals surface area contributed by atoms with Gasteiger partial charge in [-0.1, -0.05) is 23.2 Å². The molecule has 0 aliphatic heterocycles. The van der Waals surface area contributed by atoms with Crippen LogP contribution in [0.25, 0.3) is 0 Å². The lowest BCUT2D eigenvalue weighted by molar-refractivity contribution is 0.607. The third-order valence-corrected chi connectivity index (χ3v) is 5.81. The standard InChI is InChI=1S/C12H11BrCl2N2O2S2/c1-21(18,19)17-11-3-2-7(4-10(11)14)16-6-8-5-9(13)12(15)20-8/h2-5,16-17H,6H2,1H3. The van der Waals surface area contributed by atoms with E-state index in [0.717, 1.165) is 21.3 Å². The van der Waals surface area contributed by atoms with Crippen molar-refractivity contribution in [1.82, 2.24) is 0 Å². The van der Waals surface area contributed by atoms with Gasteiger partial charge in [0.15, 0.2) is 0 Å². The van der Waals surface area contributed by atoms with Gasteiger partial charge in [0.05, 0.1) is 17.0 Å². The van der Waals surface area contributed by atoms with Crippen molar-refractivity contribution in [3.05, 3.63) is 43.0 Å². The molecule has 0 saturated heterocycles. The minimum Gasteiger partial charge on any atom is -0.380 e. The Labute approximate surface area is 145 Å². The molecule has 4 nitrogen and oxygen atoms in total. The molecule has 0 fully saturated rings. The summed E-state index contributed by atoms with van der Waals surface area (Å²) in [6, 6.07) is 6.98. The Kier molecular flexibility index (Phi) is 5.43. The zero-order valence-electron chi connectivity index (χ0n) is 10.8. The highest BCUT2D eigenvalue weighted by atomic mass is 79.9. The monoisotopic (exact) mass is 428 g/mol. The minimum absolute atomic E-state index is 0.329. The Hall–Kier alpha value is -0.470. The van der Waals surface area contributed by atoms with E-state index in [1.807, 2.05) is 6.07 Å². The first-order chi connectivity index (χ1) is 9.74. The maximum atomic E-state index is 11.2. The Balaban J connectivity index is 2.06. The molecule has 0 unspecified atom stereocenters. The van der Waals surface area contributed by atoms with Crippen molar-refractivity contribution >= 4 is 71.9 Å². The first kappa shape index (κ1) is 16.9. The van der Waals surface area contributed by atoms with Crippen LogP contribution in [-0.4, -0.2) is 14.7 Å². The molecule has 0 saturated carbocycles. The normalized spacial score (nSPS) is 11.4. The van der Waals surface area contributed by atoms with Crippen LogP contribution in [-0.2, 0) is 16.6 Å². The summed E-state index contributed by atoms with van der Waals surface area (Å²) in [6.07, 6.45) is 1.08. The molecule has 0 spiro atoms. The third kappa shape index (κ3) is 5.03. The van der Waals surface area contributed by atoms with Crippen LogP contribution in [0.15, 0.2) is 28.7 Å². The number of thiophene rings is 1. The van der Waals surface area contributed by atoms with Crippen LogP contribution in [0.4, 0.5) is 11.4 Å². The Morgan fingerprint density at radius 1 is 1.29 bits per heavy atom. The van der Waals surface area contributed by atoms with Crippen LogP contribution >= 0.6 is 50.5 Å². The minimum atomic E-state index is -3.34. The van der Waals surface area contributed by atoms with Gasteiger partial charge in [0.1, 0.15) is 4.34 Å². The molecule has 21 heavy (non-hydrogen) atoms. The Morgan fingerprint density at radius 2 is 2.00 bits per heavy atom. The highest BCUT2D eigenvalue weighted by Crippen LogP contribution is 2.32. The summed E-state index contributed by atoms with van der Waals surface area (Å²) >= 11 is 16.9. The average molecular weight is 430 g/mol. The molecule has 0 atom stereocenters. The fourth-order valence-corrected chi connectivity index (χ4v) is 4.17. The van der Waals surface area contributed by atoms with E-state index in [9.17, 15) is 8.42 Å². The number of rotatable bonds is 5. The fourth-order valence-electron chi connectivity index (χ4n) is 1.58. The second-order valence-corrected chi connectivity index (χ2v) is 9.01. The smallest absolute Gasteiger partial charge is 0.229 e. The van der Waals surface area contributed by atoms with Crippen LogP contribution in [0.1, 0.15) is 4.88 Å². The highest BCUT2D eigenvalue weighted by molar-refractivity contribution is 9.10. The molecule has 1 aromatic carbocycles. The van der Waals surface area contributed by atoms with Crippen LogP contribution in [0.5, 0.6) is 0 Å². The molecule has 0 radical (unpaired) electrons.